The van der Waals surface area contributed by atoms with Gasteiger partial charge < -0.3 is 4.74 Å². The largest absolute Gasteiger partial charge is 0.463 e. The lowest BCUT2D eigenvalue weighted by Gasteiger charge is -2.29. The molecule has 5 heteroatoms. The number of amidine groups is 1. The van der Waals surface area contributed by atoms with E-state index in [1.807, 2.05) is 25.1 Å². The summed E-state index contributed by atoms with van der Waals surface area (Å²) in [6, 6.07) is 5.74. The van der Waals surface area contributed by atoms with Crippen molar-refractivity contribution in [2.75, 3.05) is 7.11 Å². The number of benzene rings is 1. The van der Waals surface area contributed by atoms with Crippen LogP contribution in [-0.4, -0.2) is 30.2 Å². The molecule has 0 spiro atoms. The van der Waals surface area contributed by atoms with Gasteiger partial charge in [0.25, 0.3) is 0 Å². The van der Waals surface area contributed by atoms with Crippen molar-refractivity contribution >= 4 is 29.1 Å². The number of nitrogens with zero attached hydrogens (tertiary/aromatic N) is 2. The van der Waals surface area contributed by atoms with E-state index in [4.69, 9.17) is 16.3 Å². The second kappa shape index (κ2) is 4.17. The number of aryl methyl sites for hydroxylation is 1. The summed E-state index contributed by atoms with van der Waals surface area (Å²) in [7, 11) is 1.34. The van der Waals surface area contributed by atoms with Gasteiger partial charge in [-0.3, -0.25) is 0 Å². The van der Waals surface area contributed by atoms with Gasteiger partial charge in [-0.15, -0.1) is 0 Å². The van der Waals surface area contributed by atoms with E-state index >= 15 is 0 Å². The monoisotopic (exact) mass is 276 g/mol. The third-order valence-corrected chi connectivity index (χ3v) is 3.89. The Labute approximate surface area is 116 Å². The van der Waals surface area contributed by atoms with Gasteiger partial charge in [0.1, 0.15) is 5.54 Å². The van der Waals surface area contributed by atoms with Gasteiger partial charge >= 0.3 is 5.97 Å². The SMILES string of the molecule is COC(=O)C1=NC2(C)CCc3cc(Cl)ccc3C2=N1. The summed E-state index contributed by atoms with van der Waals surface area (Å²) < 4.78 is 4.69. The predicted molar refractivity (Wildman–Crippen MR) is 74.2 cm³/mol. The first kappa shape index (κ1) is 12.4. The average molecular weight is 277 g/mol. The zero-order chi connectivity index (χ0) is 13.6. The molecule has 1 aliphatic heterocycles. The Bertz CT molecular complexity index is 636. The molecule has 0 saturated carbocycles. The normalized spacial score (nSPS) is 24.2. The van der Waals surface area contributed by atoms with Crippen molar-refractivity contribution in [3.8, 4) is 0 Å². The highest BCUT2D eigenvalue weighted by atomic mass is 35.5. The van der Waals surface area contributed by atoms with Gasteiger partial charge in [0.15, 0.2) is 0 Å². The van der Waals surface area contributed by atoms with E-state index < -0.39 is 11.5 Å². The molecule has 0 aromatic heterocycles. The molecule has 3 rings (SSSR count). The quantitative estimate of drug-likeness (QED) is 0.740. The van der Waals surface area contributed by atoms with E-state index in [1.54, 1.807) is 0 Å². The summed E-state index contributed by atoms with van der Waals surface area (Å²) in [6.45, 7) is 2.00. The van der Waals surface area contributed by atoms with Crippen LogP contribution < -0.4 is 0 Å². The molecule has 19 heavy (non-hydrogen) atoms. The topological polar surface area (TPSA) is 51.0 Å². The molecular weight excluding hydrogens is 264 g/mol. The molecule has 0 bridgehead atoms. The summed E-state index contributed by atoms with van der Waals surface area (Å²) in [5, 5.41) is 0.718. The standard InChI is InChI=1S/C14H13ClN2O2/c1-14-6-5-8-7-9(15)3-4-10(8)11(14)16-12(17-14)13(18)19-2/h3-4,7H,5-6H2,1-2H3. The summed E-state index contributed by atoms with van der Waals surface area (Å²) >= 11 is 6.01. The Morgan fingerprint density at radius 3 is 3.00 bits per heavy atom. The zero-order valence-corrected chi connectivity index (χ0v) is 11.5. The molecule has 1 aromatic carbocycles. The van der Waals surface area contributed by atoms with Crippen LogP contribution in [0.2, 0.25) is 5.02 Å². The maximum Gasteiger partial charge on any atom is 0.375 e. The summed E-state index contributed by atoms with van der Waals surface area (Å²) in [5.74, 6) is -0.332. The fraction of sp³-hybridized carbons (Fsp3) is 0.357. The zero-order valence-electron chi connectivity index (χ0n) is 10.7. The fourth-order valence-corrected chi connectivity index (χ4v) is 2.82. The molecular formula is C14H13ClN2O2. The number of rotatable bonds is 1. The Kier molecular flexibility index (Phi) is 2.71. The minimum atomic E-state index is -0.487. The lowest BCUT2D eigenvalue weighted by molar-refractivity contribution is -0.132. The average Bonchev–Trinajstić information content (AvgIpc) is 2.75. The smallest absolute Gasteiger partial charge is 0.375 e. The number of hydrogen-bond donors (Lipinski definition) is 0. The molecule has 98 valence electrons. The van der Waals surface area contributed by atoms with Crippen molar-refractivity contribution in [2.24, 2.45) is 9.98 Å². The Hall–Kier alpha value is -1.68. The number of halogens is 1. The minimum Gasteiger partial charge on any atom is -0.463 e. The van der Waals surface area contributed by atoms with Crippen molar-refractivity contribution in [3.63, 3.8) is 0 Å². The van der Waals surface area contributed by atoms with E-state index in [0.29, 0.717) is 0 Å². The van der Waals surface area contributed by atoms with Crippen LogP contribution >= 0.6 is 11.6 Å². The molecule has 1 aromatic rings. The highest BCUT2D eigenvalue weighted by Crippen LogP contribution is 2.36. The molecule has 1 atom stereocenters. The Balaban J connectivity index is 2.10. The molecule has 2 aliphatic rings. The predicted octanol–water partition coefficient (Wildman–Crippen LogP) is 2.42. The third-order valence-electron chi connectivity index (χ3n) is 3.65. The van der Waals surface area contributed by atoms with Crippen molar-refractivity contribution in [2.45, 2.75) is 25.3 Å². The maximum absolute atomic E-state index is 11.6. The summed E-state index contributed by atoms with van der Waals surface area (Å²) in [6.07, 6.45) is 1.70. The first-order valence-corrected chi connectivity index (χ1v) is 6.47. The van der Waals surface area contributed by atoms with Gasteiger partial charge in [-0.1, -0.05) is 17.7 Å². The molecule has 0 radical (unpaired) electrons. The van der Waals surface area contributed by atoms with E-state index in [1.165, 1.54) is 7.11 Å². The third kappa shape index (κ3) is 1.87. The van der Waals surface area contributed by atoms with Crippen LogP contribution in [0.3, 0.4) is 0 Å². The second-order valence-corrected chi connectivity index (χ2v) is 5.40. The number of ether oxygens (including phenoxy) is 1. The second-order valence-electron chi connectivity index (χ2n) is 4.96. The Morgan fingerprint density at radius 2 is 2.26 bits per heavy atom. The van der Waals surface area contributed by atoms with Crippen LogP contribution in [0.1, 0.15) is 24.5 Å². The van der Waals surface area contributed by atoms with E-state index in [2.05, 4.69) is 9.98 Å². The molecule has 0 fully saturated rings. The van der Waals surface area contributed by atoms with Gasteiger partial charge in [0.05, 0.1) is 12.8 Å². The first-order chi connectivity index (χ1) is 9.03. The molecule has 4 nitrogen and oxygen atoms in total. The van der Waals surface area contributed by atoms with Crippen LogP contribution in [0.15, 0.2) is 28.2 Å². The summed E-state index contributed by atoms with van der Waals surface area (Å²) in [4.78, 5) is 20.4. The number of carbonyl (C=O) groups is 1. The lowest BCUT2D eigenvalue weighted by atomic mass is 9.78. The van der Waals surface area contributed by atoms with Crippen molar-refractivity contribution in [1.29, 1.82) is 0 Å². The van der Waals surface area contributed by atoms with Crippen LogP contribution in [-0.2, 0) is 16.0 Å². The van der Waals surface area contributed by atoms with Gasteiger partial charge in [0, 0.05) is 10.6 Å². The molecule has 0 saturated heterocycles. The molecule has 1 unspecified atom stereocenters. The van der Waals surface area contributed by atoms with Crippen LogP contribution in [0.4, 0.5) is 0 Å². The van der Waals surface area contributed by atoms with Crippen LogP contribution in [0, 0.1) is 0 Å². The minimum absolute atomic E-state index is 0.155. The van der Waals surface area contributed by atoms with Gasteiger partial charge in [-0.25, -0.2) is 14.8 Å². The van der Waals surface area contributed by atoms with Crippen molar-refractivity contribution in [3.05, 3.63) is 34.3 Å². The highest BCUT2D eigenvalue weighted by molar-refractivity contribution is 6.41. The number of aliphatic imine (C=N–C) groups is 2. The maximum atomic E-state index is 11.6. The number of esters is 1. The van der Waals surface area contributed by atoms with Gasteiger partial charge in [-0.05, 0) is 37.5 Å². The number of fused-ring (bicyclic) bond motifs is 3. The van der Waals surface area contributed by atoms with Crippen molar-refractivity contribution < 1.29 is 9.53 Å². The first-order valence-electron chi connectivity index (χ1n) is 6.10. The fourth-order valence-electron chi connectivity index (χ4n) is 2.62. The molecule has 1 aliphatic carbocycles. The molecule has 1 heterocycles. The van der Waals surface area contributed by atoms with Crippen LogP contribution in [0.5, 0.6) is 0 Å². The van der Waals surface area contributed by atoms with E-state index in [0.717, 1.165) is 34.7 Å². The van der Waals surface area contributed by atoms with E-state index in [9.17, 15) is 4.79 Å². The number of methoxy groups -OCH3 is 1. The molecule has 0 N–H and O–H groups in total. The lowest BCUT2D eigenvalue weighted by Crippen LogP contribution is -2.36. The summed E-state index contributed by atoms with van der Waals surface area (Å²) in [5.41, 5.74) is 2.60. The van der Waals surface area contributed by atoms with Crippen molar-refractivity contribution in [1.82, 2.24) is 0 Å². The number of hydrogen-bond acceptors (Lipinski definition) is 4. The number of carbonyl (C=O) groups excluding carboxylic acids is 1. The van der Waals surface area contributed by atoms with Gasteiger partial charge in [-0.2, -0.15) is 0 Å². The highest BCUT2D eigenvalue weighted by Gasteiger charge is 2.41. The van der Waals surface area contributed by atoms with Gasteiger partial charge in [0.2, 0.25) is 5.84 Å². The molecule has 0 amide bonds. The Morgan fingerprint density at radius 1 is 1.47 bits per heavy atom. The van der Waals surface area contributed by atoms with Crippen LogP contribution in [0.25, 0.3) is 0 Å². The van der Waals surface area contributed by atoms with E-state index in [-0.39, 0.29) is 5.84 Å².